The Morgan fingerprint density at radius 1 is 0.955 bits per heavy atom. The van der Waals surface area contributed by atoms with Crippen LogP contribution >= 0.6 is 0 Å². The van der Waals surface area contributed by atoms with Gasteiger partial charge in [-0.3, -0.25) is 14.4 Å². The first-order valence-electron chi connectivity index (χ1n) is 8.00. The van der Waals surface area contributed by atoms with Gasteiger partial charge in [0.05, 0.1) is 5.92 Å². The molecule has 126 valence electrons. The molecule has 0 spiro atoms. The van der Waals surface area contributed by atoms with Crippen molar-refractivity contribution in [2.45, 2.75) is 71.5 Å². The molecule has 6 heteroatoms. The number of ether oxygens (including phenoxy) is 2. The predicted octanol–water partition coefficient (Wildman–Crippen LogP) is 2.54. The van der Waals surface area contributed by atoms with Crippen LogP contribution in [0.1, 0.15) is 59.3 Å². The van der Waals surface area contributed by atoms with Crippen LogP contribution in [0.25, 0.3) is 0 Å². The molecule has 0 aromatic heterocycles. The van der Waals surface area contributed by atoms with Gasteiger partial charge in [0.25, 0.3) is 0 Å². The van der Waals surface area contributed by atoms with E-state index in [2.05, 4.69) is 0 Å². The van der Waals surface area contributed by atoms with Gasteiger partial charge in [-0.1, -0.05) is 20.8 Å². The molecule has 1 rings (SSSR count). The van der Waals surface area contributed by atoms with Gasteiger partial charge in [0.15, 0.2) is 0 Å². The summed E-state index contributed by atoms with van der Waals surface area (Å²) in [5.41, 5.74) is 0. The van der Waals surface area contributed by atoms with E-state index in [1.807, 2.05) is 20.8 Å². The van der Waals surface area contributed by atoms with Crippen LogP contribution in [0.4, 0.5) is 0 Å². The lowest BCUT2D eigenvalue weighted by molar-refractivity contribution is -0.174. The molecule has 0 aromatic carbocycles. The third-order valence-electron chi connectivity index (χ3n) is 4.03. The molecule has 0 amide bonds. The van der Waals surface area contributed by atoms with Crippen LogP contribution in [0.15, 0.2) is 0 Å². The van der Waals surface area contributed by atoms with Crippen molar-refractivity contribution in [3.63, 3.8) is 0 Å². The molecule has 1 aliphatic carbocycles. The van der Waals surface area contributed by atoms with Gasteiger partial charge in [0, 0.05) is 18.8 Å². The number of aliphatic carboxylic acids is 1. The summed E-state index contributed by atoms with van der Waals surface area (Å²) in [6.07, 6.45) is 1.47. The van der Waals surface area contributed by atoms with Gasteiger partial charge < -0.3 is 14.6 Å². The van der Waals surface area contributed by atoms with Crippen molar-refractivity contribution in [2.24, 2.45) is 11.8 Å². The second-order valence-electron chi connectivity index (χ2n) is 5.92. The van der Waals surface area contributed by atoms with Crippen LogP contribution < -0.4 is 0 Å². The quantitative estimate of drug-likeness (QED) is 0.726. The summed E-state index contributed by atoms with van der Waals surface area (Å²) in [4.78, 5) is 34.7. The number of carboxylic acids is 1. The van der Waals surface area contributed by atoms with E-state index in [4.69, 9.17) is 9.47 Å². The number of hydrogen-bond donors (Lipinski definition) is 1. The van der Waals surface area contributed by atoms with E-state index in [-0.39, 0.29) is 30.7 Å². The molecular formula is C16H26O6. The Bertz CT molecular complexity index is 375. The van der Waals surface area contributed by atoms with Crippen molar-refractivity contribution < 1.29 is 29.0 Å². The molecule has 0 aromatic rings. The minimum atomic E-state index is -0.944. The Labute approximate surface area is 131 Å². The first-order chi connectivity index (χ1) is 10.4. The Hall–Kier alpha value is -1.59. The van der Waals surface area contributed by atoms with E-state index >= 15 is 0 Å². The topological polar surface area (TPSA) is 89.9 Å². The third kappa shape index (κ3) is 5.31. The highest BCUT2D eigenvalue weighted by atomic mass is 16.6. The van der Waals surface area contributed by atoms with Crippen LogP contribution in [0.5, 0.6) is 0 Å². The van der Waals surface area contributed by atoms with Crippen molar-refractivity contribution >= 4 is 17.9 Å². The van der Waals surface area contributed by atoms with E-state index in [9.17, 15) is 19.5 Å². The maximum Gasteiger partial charge on any atom is 0.306 e. The standard InChI is InChI=1S/C16H26O6/c1-4-6-14(17)21-12-8-11(16(19)20)9-13(10(12)3)22-15(18)7-5-2/h10-13H,4-9H2,1-3H3,(H,19,20)/t10?,11?,12-,13+. The number of carbonyl (C=O) groups is 3. The van der Waals surface area contributed by atoms with Gasteiger partial charge in [-0.25, -0.2) is 0 Å². The fraction of sp³-hybridized carbons (Fsp3) is 0.812. The Morgan fingerprint density at radius 2 is 1.36 bits per heavy atom. The number of rotatable bonds is 7. The molecule has 1 N–H and O–H groups in total. The maximum atomic E-state index is 11.7. The zero-order chi connectivity index (χ0) is 16.7. The summed E-state index contributed by atoms with van der Waals surface area (Å²) >= 11 is 0. The number of carboxylic acid groups (broad SMARTS) is 1. The molecule has 2 unspecified atom stereocenters. The second kappa shape index (κ2) is 8.76. The summed E-state index contributed by atoms with van der Waals surface area (Å²) in [6.45, 7) is 5.59. The summed E-state index contributed by atoms with van der Waals surface area (Å²) < 4.78 is 10.8. The third-order valence-corrected chi connectivity index (χ3v) is 4.03. The molecule has 0 saturated heterocycles. The van der Waals surface area contributed by atoms with Crippen LogP contribution in [-0.4, -0.2) is 35.2 Å². The smallest absolute Gasteiger partial charge is 0.306 e. The first kappa shape index (κ1) is 18.5. The lowest BCUT2D eigenvalue weighted by Gasteiger charge is -2.37. The first-order valence-corrected chi connectivity index (χ1v) is 8.00. The highest BCUT2D eigenvalue weighted by Crippen LogP contribution is 2.34. The lowest BCUT2D eigenvalue weighted by Crippen LogP contribution is -2.45. The zero-order valence-electron chi connectivity index (χ0n) is 13.5. The van der Waals surface area contributed by atoms with E-state index < -0.39 is 24.1 Å². The highest BCUT2D eigenvalue weighted by molar-refractivity contribution is 5.72. The van der Waals surface area contributed by atoms with Gasteiger partial charge in [-0.2, -0.15) is 0 Å². The van der Waals surface area contributed by atoms with Gasteiger partial charge >= 0.3 is 17.9 Å². The lowest BCUT2D eigenvalue weighted by atomic mass is 9.78. The molecule has 22 heavy (non-hydrogen) atoms. The summed E-state index contributed by atoms with van der Waals surface area (Å²) in [7, 11) is 0. The Kier molecular flexibility index (Phi) is 7.35. The van der Waals surface area contributed by atoms with Crippen molar-refractivity contribution in [1.29, 1.82) is 0 Å². The monoisotopic (exact) mass is 314 g/mol. The summed E-state index contributed by atoms with van der Waals surface area (Å²) in [5, 5.41) is 9.25. The Balaban J connectivity index is 2.76. The summed E-state index contributed by atoms with van der Waals surface area (Å²) in [6, 6.07) is 0. The molecule has 4 atom stereocenters. The molecule has 0 aliphatic heterocycles. The fourth-order valence-corrected chi connectivity index (χ4v) is 2.70. The van der Waals surface area contributed by atoms with E-state index in [0.717, 1.165) is 0 Å². The van der Waals surface area contributed by atoms with E-state index in [0.29, 0.717) is 25.7 Å². The molecule has 0 heterocycles. The fourth-order valence-electron chi connectivity index (χ4n) is 2.70. The largest absolute Gasteiger partial charge is 0.481 e. The highest BCUT2D eigenvalue weighted by Gasteiger charge is 2.41. The maximum absolute atomic E-state index is 11.7. The minimum Gasteiger partial charge on any atom is -0.481 e. The number of carbonyl (C=O) groups excluding carboxylic acids is 2. The summed E-state index contributed by atoms with van der Waals surface area (Å²) in [5.74, 6) is -2.46. The Morgan fingerprint density at radius 3 is 1.68 bits per heavy atom. The zero-order valence-corrected chi connectivity index (χ0v) is 13.5. The van der Waals surface area contributed by atoms with Gasteiger partial charge in [-0.05, 0) is 25.7 Å². The SMILES string of the molecule is CCCC(=O)O[C@H]1CC(C(=O)O)C[C@@H](OC(=O)CCC)C1C. The minimum absolute atomic E-state index is 0.197. The predicted molar refractivity (Wildman–Crippen MR) is 79.1 cm³/mol. The molecule has 0 radical (unpaired) electrons. The van der Waals surface area contributed by atoms with Crippen LogP contribution in [0.2, 0.25) is 0 Å². The van der Waals surface area contributed by atoms with Crippen LogP contribution in [0.3, 0.4) is 0 Å². The molecular weight excluding hydrogens is 288 g/mol. The number of hydrogen-bond acceptors (Lipinski definition) is 5. The van der Waals surface area contributed by atoms with Gasteiger partial charge in [-0.15, -0.1) is 0 Å². The normalized spacial score (nSPS) is 28.0. The van der Waals surface area contributed by atoms with Crippen molar-refractivity contribution in [2.75, 3.05) is 0 Å². The molecule has 1 fully saturated rings. The van der Waals surface area contributed by atoms with E-state index in [1.165, 1.54) is 0 Å². The van der Waals surface area contributed by atoms with Crippen molar-refractivity contribution in [1.82, 2.24) is 0 Å². The average Bonchev–Trinajstić information content (AvgIpc) is 2.43. The van der Waals surface area contributed by atoms with Crippen LogP contribution in [-0.2, 0) is 23.9 Å². The van der Waals surface area contributed by atoms with Crippen LogP contribution in [0, 0.1) is 11.8 Å². The van der Waals surface area contributed by atoms with Crippen molar-refractivity contribution in [3.8, 4) is 0 Å². The van der Waals surface area contributed by atoms with E-state index in [1.54, 1.807) is 0 Å². The van der Waals surface area contributed by atoms with Gasteiger partial charge in [0.2, 0.25) is 0 Å². The van der Waals surface area contributed by atoms with Gasteiger partial charge in [0.1, 0.15) is 12.2 Å². The second-order valence-corrected chi connectivity index (χ2v) is 5.92. The molecule has 1 aliphatic rings. The molecule has 6 nitrogen and oxygen atoms in total. The molecule has 0 bridgehead atoms. The average molecular weight is 314 g/mol. The number of esters is 2. The molecule has 1 saturated carbocycles. The van der Waals surface area contributed by atoms with Crippen molar-refractivity contribution in [3.05, 3.63) is 0 Å².